The third-order valence-electron chi connectivity index (χ3n) is 6.18. The maximum absolute atomic E-state index is 13.0. The summed E-state index contributed by atoms with van der Waals surface area (Å²) in [6, 6.07) is 12.5. The van der Waals surface area contributed by atoms with Gasteiger partial charge in [0.25, 0.3) is 0 Å². The molecule has 2 saturated heterocycles. The van der Waals surface area contributed by atoms with Crippen LogP contribution in [0.5, 0.6) is 0 Å². The minimum absolute atomic E-state index is 0.0665. The van der Waals surface area contributed by atoms with Crippen molar-refractivity contribution in [1.29, 1.82) is 0 Å². The van der Waals surface area contributed by atoms with Crippen LogP contribution in [0.2, 0.25) is 0 Å². The molecule has 2 aliphatic heterocycles. The Labute approximate surface area is 194 Å². The lowest BCUT2D eigenvalue weighted by atomic mass is 9.96. The van der Waals surface area contributed by atoms with Crippen molar-refractivity contribution >= 4 is 27.5 Å². The zero-order chi connectivity index (χ0) is 23.3. The van der Waals surface area contributed by atoms with Gasteiger partial charge in [0, 0.05) is 63.3 Å². The Morgan fingerprint density at radius 1 is 0.939 bits per heavy atom. The predicted molar refractivity (Wildman–Crippen MR) is 124 cm³/mol. The Morgan fingerprint density at radius 2 is 1.64 bits per heavy atom. The highest BCUT2D eigenvalue weighted by Gasteiger charge is 2.34. The van der Waals surface area contributed by atoms with Crippen LogP contribution in [-0.4, -0.2) is 85.1 Å². The highest BCUT2D eigenvalue weighted by molar-refractivity contribution is 7.89. The van der Waals surface area contributed by atoms with Crippen molar-refractivity contribution < 1.29 is 18.0 Å². The molecular formula is C23H29N5O4S. The summed E-state index contributed by atoms with van der Waals surface area (Å²) in [4.78, 5) is 33.2. The van der Waals surface area contributed by atoms with Crippen LogP contribution in [0.15, 0.2) is 59.8 Å². The molecule has 2 amide bonds. The number of hydrogen-bond acceptors (Lipinski definition) is 6. The topological polar surface area (TPSA) is 103 Å². The molecular weight excluding hydrogens is 442 g/mol. The van der Waals surface area contributed by atoms with Gasteiger partial charge in [-0.1, -0.05) is 18.2 Å². The number of aromatic nitrogens is 1. The summed E-state index contributed by atoms with van der Waals surface area (Å²) in [7, 11) is -3.58. The number of carbonyl (C=O) groups excluding carboxylic acids is 2. The first-order valence-corrected chi connectivity index (χ1v) is 12.6. The van der Waals surface area contributed by atoms with E-state index in [9.17, 15) is 18.0 Å². The van der Waals surface area contributed by atoms with E-state index in [-0.39, 0.29) is 22.6 Å². The Kier molecular flexibility index (Phi) is 7.36. The molecule has 1 N–H and O–H groups in total. The number of nitrogens with zero attached hydrogens (tertiary/aromatic N) is 4. The highest BCUT2D eigenvalue weighted by Crippen LogP contribution is 2.25. The Bertz CT molecular complexity index is 1050. The summed E-state index contributed by atoms with van der Waals surface area (Å²) < 4.78 is 27.0. The number of pyridine rings is 1. The first-order chi connectivity index (χ1) is 15.9. The van der Waals surface area contributed by atoms with E-state index in [2.05, 4.69) is 10.3 Å². The van der Waals surface area contributed by atoms with Gasteiger partial charge < -0.3 is 10.2 Å². The van der Waals surface area contributed by atoms with Gasteiger partial charge in [-0.05, 0) is 37.1 Å². The smallest absolute Gasteiger partial charge is 0.244 e. The molecule has 1 aromatic carbocycles. The molecule has 10 heteroatoms. The molecule has 2 aromatic rings. The second-order valence-electron chi connectivity index (χ2n) is 8.38. The minimum Gasteiger partial charge on any atom is -0.340 e. The molecule has 0 spiro atoms. The largest absolute Gasteiger partial charge is 0.340 e. The van der Waals surface area contributed by atoms with Crippen molar-refractivity contribution in [1.82, 2.24) is 19.1 Å². The Balaban J connectivity index is 1.22. The molecule has 0 unspecified atom stereocenters. The lowest BCUT2D eigenvalue weighted by Gasteiger charge is -2.38. The number of rotatable bonds is 6. The van der Waals surface area contributed by atoms with E-state index < -0.39 is 10.0 Å². The second kappa shape index (κ2) is 10.4. The third kappa shape index (κ3) is 5.76. The van der Waals surface area contributed by atoms with E-state index >= 15 is 0 Å². The number of anilines is 1. The predicted octanol–water partition coefficient (Wildman–Crippen LogP) is 1.27. The molecule has 0 radical (unpaired) electrons. The van der Waals surface area contributed by atoms with Crippen LogP contribution in [-0.2, 0) is 19.6 Å². The average Bonchev–Trinajstić information content (AvgIpc) is 2.85. The van der Waals surface area contributed by atoms with E-state index in [1.807, 2.05) is 40.1 Å². The zero-order valence-electron chi connectivity index (χ0n) is 18.5. The molecule has 0 atom stereocenters. The summed E-state index contributed by atoms with van der Waals surface area (Å²) in [5, 5.41) is 2.88. The molecule has 9 nitrogen and oxygen atoms in total. The molecule has 0 aliphatic carbocycles. The standard InChI is InChI=1S/C23H29N5O4S/c29-22(25-20-5-2-1-3-6-20)18-26-13-15-27(16-14-26)23(30)19-8-11-28(12-9-19)33(31,32)21-7-4-10-24-17-21/h1-7,10,17,19H,8-9,11-16,18H2,(H,25,29). The van der Waals surface area contributed by atoms with Crippen molar-refractivity contribution in [3.8, 4) is 0 Å². The van der Waals surface area contributed by atoms with Gasteiger partial charge >= 0.3 is 0 Å². The summed E-state index contributed by atoms with van der Waals surface area (Å²) in [6.45, 7) is 3.38. The van der Waals surface area contributed by atoms with Crippen molar-refractivity contribution in [2.75, 3.05) is 51.1 Å². The molecule has 33 heavy (non-hydrogen) atoms. The molecule has 4 rings (SSSR count). The van der Waals surface area contributed by atoms with Gasteiger partial charge in [-0.15, -0.1) is 0 Å². The van der Waals surface area contributed by atoms with Crippen LogP contribution in [0.25, 0.3) is 0 Å². The van der Waals surface area contributed by atoms with Gasteiger partial charge in [0.2, 0.25) is 21.8 Å². The first-order valence-electron chi connectivity index (χ1n) is 11.2. The monoisotopic (exact) mass is 471 g/mol. The van der Waals surface area contributed by atoms with Gasteiger partial charge in [-0.3, -0.25) is 19.5 Å². The van der Waals surface area contributed by atoms with Crippen molar-refractivity contribution in [3.05, 3.63) is 54.9 Å². The second-order valence-corrected chi connectivity index (χ2v) is 10.3. The van der Waals surface area contributed by atoms with Crippen LogP contribution >= 0.6 is 0 Å². The fourth-order valence-electron chi connectivity index (χ4n) is 4.30. The minimum atomic E-state index is -3.58. The molecule has 2 aliphatic rings. The molecule has 0 saturated carbocycles. The average molecular weight is 472 g/mol. The normalized spacial score (nSPS) is 18.7. The van der Waals surface area contributed by atoms with Crippen molar-refractivity contribution in [2.24, 2.45) is 5.92 Å². The van der Waals surface area contributed by atoms with Gasteiger partial charge in [-0.2, -0.15) is 4.31 Å². The van der Waals surface area contributed by atoms with Gasteiger partial charge in [-0.25, -0.2) is 8.42 Å². The molecule has 2 fully saturated rings. The number of para-hydroxylation sites is 1. The Morgan fingerprint density at radius 3 is 2.27 bits per heavy atom. The van der Waals surface area contributed by atoms with E-state index in [1.165, 1.54) is 10.5 Å². The molecule has 0 bridgehead atoms. The summed E-state index contributed by atoms with van der Waals surface area (Å²) in [5.41, 5.74) is 0.771. The number of benzene rings is 1. The fraction of sp³-hybridized carbons (Fsp3) is 0.435. The number of carbonyl (C=O) groups is 2. The van der Waals surface area contributed by atoms with E-state index in [1.54, 1.807) is 18.3 Å². The van der Waals surface area contributed by atoms with Crippen LogP contribution in [0.3, 0.4) is 0 Å². The number of sulfonamides is 1. The van der Waals surface area contributed by atoms with Gasteiger partial charge in [0.15, 0.2) is 0 Å². The van der Waals surface area contributed by atoms with Crippen molar-refractivity contribution in [2.45, 2.75) is 17.7 Å². The summed E-state index contributed by atoms with van der Waals surface area (Å²) >= 11 is 0. The quantitative estimate of drug-likeness (QED) is 0.681. The lowest BCUT2D eigenvalue weighted by Crippen LogP contribution is -2.53. The van der Waals surface area contributed by atoms with Crippen LogP contribution in [0, 0.1) is 5.92 Å². The maximum atomic E-state index is 13.0. The number of amides is 2. The Hall–Kier alpha value is -2.82. The third-order valence-corrected chi connectivity index (χ3v) is 8.07. The lowest BCUT2D eigenvalue weighted by molar-refractivity contribution is -0.138. The maximum Gasteiger partial charge on any atom is 0.244 e. The van der Waals surface area contributed by atoms with Crippen molar-refractivity contribution in [3.63, 3.8) is 0 Å². The molecule has 176 valence electrons. The van der Waals surface area contributed by atoms with Gasteiger partial charge in [0.1, 0.15) is 4.90 Å². The fourth-order valence-corrected chi connectivity index (χ4v) is 5.74. The first kappa shape index (κ1) is 23.3. The molecule has 1 aromatic heterocycles. The number of piperazine rings is 1. The van der Waals surface area contributed by atoms with E-state index in [0.717, 1.165) is 5.69 Å². The number of hydrogen-bond donors (Lipinski definition) is 1. The van der Waals surface area contributed by atoms with E-state index in [4.69, 9.17) is 0 Å². The summed E-state index contributed by atoms with van der Waals surface area (Å²) in [6.07, 6.45) is 3.92. The summed E-state index contributed by atoms with van der Waals surface area (Å²) in [5.74, 6) is -0.150. The SMILES string of the molecule is O=C(CN1CCN(C(=O)C2CCN(S(=O)(=O)c3cccnc3)CC2)CC1)Nc1ccccc1. The number of nitrogens with one attached hydrogen (secondary N) is 1. The van der Waals surface area contributed by atoms with E-state index in [0.29, 0.717) is 58.7 Å². The van der Waals surface area contributed by atoms with Gasteiger partial charge in [0.05, 0.1) is 6.54 Å². The van der Waals surface area contributed by atoms with Crippen LogP contribution < -0.4 is 5.32 Å². The highest BCUT2D eigenvalue weighted by atomic mass is 32.2. The zero-order valence-corrected chi connectivity index (χ0v) is 19.3. The van der Waals surface area contributed by atoms with Crippen LogP contribution in [0.1, 0.15) is 12.8 Å². The molecule has 3 heterocycles. The van der Waals surface area contributed by atoms with Crippen LogP contribution in [0.4, 0.5) is 5.69 Å². The number of piperidine rings is 1.